The van der Waals surface area contributed by atoms with Crippen molar-refractivity contribution in [2.45, 2.75) is 106 Å². The van der Waals surface area contributed by atoms with Crippen LogP contribution in [0.1, 0.15) is 106 Å². The fraction of sp³-hybridized carbons (Fsp3) is 0.862. The first-order chi connectivity index (χ1) is 14.6. The second-order valence-electron chi connectivity index (χ2n) is 12.6. The van der Waals surface area contributed by atoms with Crippen molar-refractivity contribution in [1.82, 2.24) is 0 Å². The van der Waals surface area contributed by atoms with Gasteiger partial charge in [-0.3, -0.25) is 9.59 Å². The lowest BCUT2D eigenvalue weighted by Crippen LogP contribution is -2.54. The molecule has 0 saturated heterocycles. The van der Waals surface area contributed by atoms with Crippen molar-refractivity contribution in [3.05, 3.63) is 11.6 Å². The Kier molecular flexibility index (Phi) is 6.34. The van der Waals surface area contributed by atoms with Crippen LogP contribution in [0.25, 0.3) is 0 Å². The van der Waals surface area contributed by atoms with Crippen molar-refractivity contribution < 1.29 is 9.59 Å². The molecule has 0 heterocycles. The normalized spacial score (nSPS) is 42.0. The van der Waals surface area contributed by atoms with Gasteiger partial charge in [0.15, 0.2) is 11.6 Å². The van der Waals surface area contributed by atoms with E-state index in [-0.39, 0.29) is 17.0 Å². The van der Waals surface area contributed by atoms with Crippen LogP contribution in [-0.2, 0) is 9.59 Å². The first-order valence-electron chi connectivity index (χ1n) is 13.4. The van der Waals surface area contributed by atoms with Crippen molar-refractivity contribution in [3.63, 3.8) is 0 Å². The van der Waals surface area contributed by atoms with Crippen LogP contribution in [0.2, 0.25) is 0 Å². The fourth-order valence-electron chi connectivity index (χ4n) is 8.91. The molecule has 0 aromatic heterocycles. The molecule has 3 fully saturated rings. The van der Waals surface area contributed by atoms with Gasteiger partial charge in [0.1, 0.15) is 0 Å². The van der Waals surface area contributed by atoms with E-state index in [2.05, 4.69) is 41.5 Å². The van der Waals surface area contributed by atoms with Gasteiger partial charge in [-0.05, 0) is 96.9 Å². The third-order valence-corrected chi connectivity index (χ3v) is 11.0. The van der Waals surface area contributed by atoms with Gasteiger partial charge in [0, 0.05) is 18.4 Å². The predicted molar refractivity (Wildman–Crippen MR) is 128 cm³/mol. The molecule has 31 heavy (non-hydrogen) atoms. The van der Waals surface area contributed by atoms with Gasteiger partial charge in [-0.15, -0.1) is 0 Å². The Labute approximate surface area is 191 Å². The monoisotopic (exact) mass is 426 g/mol. The average Bonchev–Trinajstić information content (AvgIpc) is 3.07. The SMILES string of the molecule is CC[C@H](CC[C@@H](C)[C@H]1CC[C@@]2(C)[C@@H]3CC(=O)C4=CC(=O)CC[C@]4(C)[C@H]3CC[C@@H]12)C(C)C. The highest BCUT2D eigenvalue weighted by Gasteiger charge is 2.61. The first-order valence-corrected chi connectivity index (χ1v) is 13.4. The number of fused-ring (bicyclic) bond motifs is 5. The van der Waals surface area contributed by atoms with Gasteiger partial charge in [0.25, 0.3) is 0 Å². The molecule has 0 radical (unpaired) electrons. The van der Waals surface area contributed by atoms with E-state index in [0.29, 0.717) is 30.1 Å². The fourth-order valence-corrected chi connectivity index (χ4v) is 8.91. The molecule has 0 spiro atoms. The van der Waals surface area contributed by atoms with E-state index in [9.17, 15) is 9.59 Å². The van der Waals surface area contributed by atoms with Gasteiger partial charge in [-0.1, -0.05) is 54.4 Å². The molecule has 0 aliphatic heterocycles. The number of rotatable bonds is 6. The van der Waals surface area contributed by atoms with Crippen molar-refractivity contribution in [3.8, 4) is 0 Å². The summed E-state index contributed by atoms with van der Waals surface area (Å²) in [7, 11) is 0. The molecule has 2 nitrogen and oxygen atoms in total. The van der Waals surface area contributed by atoms with Crippen molar-refractivity contribution in [1.29, 1.82) is 0 Å². The van der Waals surface area contributed by atoms with Gasteiger partial charge in [-0.25, -0.2) is 0 Å². The summed E-state index contributed by atoms with van der Waals surface area (Å²) in [5, 5.41) is 0. The van der Waals surface area contributed by atoms with E-state index in [1.807, 2.05) is 0 Å². The maximum absolute atomic E-state index is 13.2. The Hall–Kier alpha value is -0.920. The molecule has 0 aromatic carbocycles. The molecule has 4 aliphatic rings. The zero-order valence-electron chi connectivity index (χ0n) is 21.0. The van der Waals surface area contributed by atoms with Gasteiger partial charge < -0.3 is 0 Å². The maximum Gasteiger partial charge on any atom is 0.159 e. The van der Waals surface area contributed by atoms with Crippen molar-refractivity contribution in [2.75, 3.05) is 0 Å². The number of ketones is 2. The molecule has 0 bridgehead atoms. The largest absolute Gasteiger partial charge is 0.295 e. The summed E-state index contributed by atoms with van der Waals surface area (Å²) >= 11 is 0. The molecule has 3 saturated carbocycles. The van der Waals surface area contributed by atoms with Crippen LogP contribution in [0, 0.1) is 52.3 Å². The quantitative estimate of drug-likeness (QED) is 0.443. The second-order valence-corrected chi connectivity index (χ2v) is 12.6. The van der Waals surface area contributed by atoms with E-state index >= 15 is 0 Å². The number of allylic oxidation sites excluding steroid dienone is 1. The van der Waals surface area contributed by atoms with Crippen LogP contribution in [-0.4, -0.2) is 11.6 Å². The number of hydrogen-bond acceptors (Lipinski definition) is 2. The highest BCUT2D eigenvalue weighted by Crippen LogP contribution is 2.67. The summed E-state index contributed by atoms with van der Waals surface area (Å²) in [6.07, 6.45) is 13.2. The number of carbonyl (C=O) groups is 2. The molecule has 0 unspecified atom stereocenters. The summed E-state index contributed by atoms with van der Waals surface area (Å²) < 4.78 is 0. The van der Waals surface area contributed by atoms with Gasteiger partial charge in [0.05, 0.1) is 0 Å². The minimum atomic E-state index is -0.0583. The molecule has 0 aromatic rings. The Morgan fingerprint density at radius 1 is 0.968 bits per heavy atom. The van der Waals surface area contributed by atoms with Gasteiger partial charge in [0.2, 0.25) is 0 Å². The number of Topliss-reactive ketones (excluding diaryl/α,β-unsaturated/α-hetero) is 1. The van der Waals surface area contributed by atoms with Crippen LogP contribution >= 0.6 is 0 Å². The lowest BCUT2D eigenvalue weighted by atomic mass is 9.45. The molecule has 4 rings (SSSR count). The Morgan fingerprint density at radius 2 is 1.68 bits per heavy atom. The zero-order chi connectivity index (χ0) is 22.6. The van der Waals surface area contributed by atoms with E-state index in [1.54, 1.807) is 6.08 Å². The molecule has 174 valence electrons. The number of carbonyl (C=O) groups excluding carboxylic acids is 2. The van der Waals surface area contributed by atoms with Gasteiger partial charge in [-0.2, -0.15) is 0 Å². The summed E-state index contributed by atoms with van der Waals surface area (Å²) in [5.41, 5.74) is 1.14. The van der Waals surface area contributed by atoms with Crippen LogP contribution in [0.3, 0.4) is 0 Å². The smallest absolute Gasteiger partial charge is 0.159 e. The summed E-state index contributed by atoms with van der Waals surface area (Å²) in [6, 6.07) is 0. The Balaban J connectivity index is 1.52. The molecular weight excluding hydrogens is 380 g/mol. The van der Waals surface area contributed by atoms with Crippen molar-refractivity contribution >= 4 is 11.6 Å². The highest BCUT2D eigenvalue weighted by molar-refractivity contribution is 6.05. The molecule has 2 heteroatoms. The standard InChI is InChI=1S/C29H46O2/c1-7-20(18(2)3)9-8-19(4)22-13-15-28(5)23(22)10-11-24-25(28)17-27(31)26-16-21(30)12-14-29(24,26)6/h16,18-20,22-25H,7-15,17H2,1-6H3/t19-,20-,22-,23+,24+,25-,28-,29-/m1/s1. The lowest BCUT2D eigenvalue weighted by Gasteiger charge is -2.58. The van der Waals surface area contributed by atoms with E-state index in [0.717, 1.165) is 41.6 Å². The Bertz CT molecular complexity index is 748. The predicted octanol–water partition coefficient (Wildman–Crippen LogP) is 7.41. The maximum atomic E-state index is 13.2. The third kappa shape index (κ3) is 3.78. The minimum absolute atomic E-state index is 0.0583. The summed E-state index contributed by atoms with van der Waals surface area (Å²) in [5.74, 6) is 5.64. The summed E-state index contributed by atoms with van der Waals surface area (Å²) in [4.78, 5) is 25.3. The van der Waals surface area contributed by atoms with Crippen molar-refractivity contribution in [2.24, 2.45) is 52.3 Å². The van der Waals surface area contributed by atoms with E-state index in [4.69, 9.17) is 0 Å². The number of hydrogen-bond donors (Lipinski definition) is 0. The highest BCUT2D eigenvalue weighted by atomic mass is 16.1. The Morgan fingerprint density at radius 3 is 2.35 bits per heavy atom. The molecule has 8 atom stereocenters. The molecular formula is C29H46O2. The average molecular weight is 427 g/mol. The van der Waals surface area contributed by atoms with E-state index in [1.165, 1.54) is 44.9 Å². The molecule has 0 amide bonds. The third-order valence-electron chi connectivity index (χ3n) is 11.0. The van der Waals surface area contributed by atoms with Crippen LogP contribution in [0.4, 0.5) is 0 Å². The van der Waals surface area contributed by atoms with Gasteiger partial charge >= 0.3 is 0 Å². The zero-order valence-corrected chi connectivity index (χ0v) is 21.0. The van der Waals surface area contributed by atoms with Crippen LogP contribution in [0.15, 0.2) is 11.6 Å². The van der Waals surface area contributed by atoms with E-state index < -0.39 is 0 Å². The second kappa shape index (κ2) is 8.45. The molecule has 0 N–H and O–H groups in total. The first kappa shape index (κ1) is 23.2. The topological polar surface area (TPSA) is 34.1 Å². The molecule has 4 aliphatic carbocycles. The lowest BCUT2D eigenvalue weighted by molar-refractivity contribution is -0.134. The minimum Gasteiger partial charge on any atom is -0.295 e. The van der Waals surface area contributed by atoms with Crippen LogP contribution in [0.5, 0.6) is 0 Å². The summed E-state index contributed by atoms with van der Waals surface area (Å²) in [6.45, 7) is 14.5. The van der Waals surface area contributed by atoms with Crippen LogP contribution < -0.4 is 0 Å².